The molecule has 1 aliphatic rings. The molecule has 1 heterocycles. The van der Waals surface area contributed by atoms with Crippen LogP contribution in [-0.2, 0) is 4.79 Å². The van der Waals surface area contributed by atoms with Gasteiger partial charge in [-0.2, -0.15) is 5.10 Å². The van der Waals surface area contributed by atoms with E-state index in [1.54, 1.807) is 30.3 Å². The van der Waals surface area contributed by atoms with Crippen LogP contribution in [0.1, 0.15) is 21.5 Å². The number of halogens is 2. The summed E-state index contributed by atoms with van der Waals surface area (Å²) in [6.07, 6.45) is 1.41. The Hall–Kier alpha value is -3.37. The summed E-state index contributed by atoms with van der Waals surface area (Å²) in [5, 5.41) is 7.08. The van der Waals surface area contributed by atoms with Crippen molar-refractivity contribution in [3.05, 3.63) is 80.2 Å². The summed E-state index contributed by atoms with van der Waals surface area (Å²) in [5.74, 6) is 0.395. The SMILES string of the molecule is Cc1ccccc1NCC(=O)N/N=C\c1cc(Br)cc(Br)c1OC(=O)c1ccc2c(c1)OCO2. The number of nitrogens with one attached hydrogen (secondary N) is 2. The predicted octanol–water partition coefficient (Wildman–Crippen LogP) is 5.03. The summed E-state index contributed by atoms with van der Waals surface area (Å²) in [7, 11) is 0. The Labute approximate surface area is 212 Å². The molecule has 1 amide bonds. The van der Waals surface area contributed by atoms with Gasteiger partial charge in [-0.1, -0.05) is 34.1 Å². The van der Waals surface area contributed by atoms with E-state index in [4.69, 9.17) is 14.2 Å². The molecule has 174 valence electrons. The van der Waals surface area contributed by atoms with Crippen molar-refractivity contribution in [2.24, 2.45) is 5.10 Å². The smallest absolute Gasteiger partial charge is 0.343 e. The zero-order valence-electron chi connectivity index (χ0n) is 17.9. The summed E-state index contributed by atoms with van der Waals surface area (Å²) in [5.41, 5.74) is 5.15. The summed E-state index contributed by atoms with van der Waals surface area (Å²) in [6.45, 7) is 2.12. The highest BCUT2D eigenvalue weighted by atomic mass is 79.9. The molecule has 0 unspecified atom stereocenters. The minimum atomic E-state index is -0.581. The lowest BCUT2D eigenvalue weighted by Gasteiger charge is -2.11. The monoisotopic (exact) mass is 587 g/mol. The Morgan fingerprint density at radius 1 is 1.09 bits per heavy atom. The number of rotatable bonds is 7. The van der Waals surface area contributed by atoms with Crippen LogP contribution in [0.5, 0.6) is 17.2 Å². The topological polar surface area (TPSA) is 98.2 Å². The number of fused-ring (bicyclic) bond motifs is 1. The van der Waals surface area contributed by atoms with E-state index in [9.17, 15) is 9.59 Å². The van der Waals surface area contributed by atoms with E-state index < -0.39 is 5.97 Å². The second-order valence-corrected chi connectivity index (χ2v) is 9.00. The number of hydrogen-bond acceptors (Lipinski definition) is 7. The van der Waals surface area contributed by atoms with Gasteiger partial charge >= 0.3 is 5.97 Å². The number of hydrogen-bond donors (Lipinski definition) is 2. The van der Waals surface area contributed by atoms with Gasteiger partial charge in [-0.05, 0) is 64.8 Å². The molecule has 2 N–H and O–H groups in total. The van der Waals surface area contributed by atoms with E-state index in [0.717, 1.165) is 15.7 Å². The van der Waals surface area contributed by atoms with Crippen LogP contribution in [0.2, 0.25) is 0 Å². The van der Waals surface area contributed by atoms with Gasteiger partial charge in [-0.25, -0.2) is 10.2 Å². The number of carbonyl (C=O) groups is 2. The standard InChI is InChI=1S/C24H19Br2N3O5/c1-14-4-2-3-5-19(14)27-12-22(30)29-28-11-16-8-17(25)10-18(26)23(16)34-24(31)15-6-7-20-21(9-15)33-13-32-20/h2-11,27H,12-13H2,1H3,(H,29,30)/b28-11-. The number of anilines is 1. The van der Waals surface area contributed by atoms with Gasteiger partial charge in [0.05, 0.1) is 22.8 Å². The highest BCUT2D eigenvalue weighted by Crippen LogP contribution is 2.35. The number of aryl methyl sites for hydroxylation is 1. The molecule has 3 aromatic rings. The first-order chi connectivity index (χ1) is 16.4. The van der Waals surface area contributed by atoms with Crippen molar-refractivity contribution in [2.45, 2.75) is 6.92 Å². The normalized spacial score (nSPS) is 12.0. The van der Waals surface area contributed by atoms with Gasteiger partial charge in [-0.15, -0.1) is 0 Å². The third kappa shape index (κ3) is 5.75. The highest BCUT2D eigenvalue weighted by Gasteiger charge is 2.19. The molecule has 0 saturated carbocycles. The van der Waals surface area contributed by atoms with Gasteiger partial charge in [0.25, 0.3) is 5.91 Å². The molecule has 3 aromatic carbocycles. The quantitative estimate of drug-likeness (QED) is 0.174. The van der Waals surface area contributed by atoms with Gasteiger partial charge in [0.2, 0.25) is 6.79 Å². The van der Waals surface area contributed by atoms with Crippen molar-refractivity contribution in [1.29, 1.82) is 0 Å². The number of benzene rings is 3. The fourth-order valence-corrected chi connectivity index (χ4v) is 4.46. The molecule has 1 aliphatic heterocycles. The van der Waals surface area contributed by atoms with Crippen LogP contribution in [0.25, 0.3) is 0 Å². The average molecular weight is 589 g/mol. The Kier molecular flexibility index (Phi) is 7.49. The summed E-state index contributed by atoms with van der Waals surface area (Å²) in [6, 6.07) is 15.9. The Bertz CT molecular complexity index is 1280. The molecule has 0 aliphatic carbocycles. The number of hydrazone groups is 1. The van der Waals surface area contributed by atoms with Crippen molar-refractivity contribution in [3.63, 3.8) is 0 Å². The molecule has 0 spiro atoms. The molecule has 0 saturated heterocycles. The van der Waals surface area contributed by atoms with Gasteiger partial charge in [0.15, 0.2) is 17.2 Å². The molecular weight excluding hydrogens is 570 g/mol. The highest BCUT2D eigenvalue weighted by molar-refractivity contribution is 9.11. The molecule has 0 fully saturated rings. The fraction of sp³-hybridized carbons (Fsp3) is 0.125. The molecule has 0 atom stereocenters. The van der Waals surface area contributed by atoms with E-state index in [-0.39, 0.29) is 25.0 Å². The second-order valence-electron chi connectivity index (χ2n) is 7.23. The number of esters is 1. The minimum absolute atomic E-state index is 0.0519. The maximum Gasteiger partial charge on any atom is 0.343 e. The van der Waals surface area contributed by atoms with E-state index >= 15 is 0 Å². The number of carbonyl (C=O) groups excluding carboxylic acids is 2. The van der Waals surface area contributed by atoms with Gasteiger partial charge < -0.3 is 19.5 Å². The van der Waals surface area contributed by atoms with Gasteiger partial charge in [0.1, 0.15) is 0 Å². The maximum absolute atomic E-state index is 12.8. The van der Waals surface area contributed by atoms with Crippen molar-refractivity contribution in [1.82, 2.24) is 5.43 Å². The largest absolute Gasteiger partial charge is 0.454 e. The lowest BCUT2D eigenvalue weighted by molar-refractivity contribution is -0.119. The molecule has 0 aromatic heterocycles. The average Bonchev–Trinajstić information content (AvgIpc) is 3.28. The van der Waals surface area contributed by atoms with Crippen LogP contribution in [0, 0.1) is 6.92 Å². The van der Waals surface area contributed by atoms with Gasteiger partial charge in [0, 0.05) is 15.7 Å². The number of nitrogens with zero attached hydrogens (tertiary/aromatic N) is 1. The molecular formula is C24H19Br2N3O5. The van der Waals surface area contributed by atoms with E-state index in [1.165, 1.54) is 6.21 Å². The number of amides is 1. The molecule has 34 heavy (non-hydrogen) atoms. The molecule has 0 radical (unpaired) electrons. The summed E-state index contributed by atoms with van der Waals surface area (Å²) < 4.78 is 17.5. The first-order valence-corrected chi connectivity index (χ1v) is 11.7. The van der Waals surface area contributed by atoms with Crippen molar-refractivity contribution in [2.75, 3.05) is 18.7 Å². The van der Waals surface area contributed by atoms with Crippen LogP contribution in [-0.4, -0.2) is 31.4 Å². The first-order valence-electron chi connectivity index (χ1n) is 10.1. The van der Waals surface area contributed by atoms with E-state index in [0.29, 0.717) is 27.1 Å². The third-order valence-electron chi connectivity index (χ3n) is 4.82. The summed E-state index contributed by atoms with van der Waals surface area (Å²) in [4.78, 5) is 24.9. The van der Waals surface area contributed by atoms with Crippen LogP contribution in [0.4, 0.5) is 5.69 Å². The fourth-order valence-electron chi connectivity index (χ4n) is 3.12. The Morgan fingerprint density at radius 3 is 2.71 bits per heavy atom. The van der Waals surface area contributed by atoms with Crippen LogP contribution in [0.15, 0.2) is 68.6 Å². The lowest BCUT2D eigenvalue weighted by Crippen LogP contribution is -2.26. The second kappa shape index (κ2) is 10.7. The molecule has 0 bridgehead atoms. The van der Waals surface area contributed by atoms with E-state index in [1.807, 2.05) is 31.2 Å². The van der Waals surface area contributed by atoms with E-state index in [2.05, 4.69) is 47.7 Å². The predicted molar refractivity (Wildman–Crippen MR) is 135 cm³/mol. The maximum atomic E-state index is 12.8. The Morgan fingerprint density at radius 2 is 1.88 bits per heavy atom. The molecule has 4 rings (SSSR count). The van der Waals surface area contributed by atoms with Crippen LogP contribution >= 0.6 is 31.9 Å². The number of para-hydroxylation sites is 1. The Balaban J connectivity index is 1.43. The van der Waals surface area contributed by atoms with Crippen molar-refractivity contribution >= 4 is 55.6 Å². The van der Waals surface area contributed by atoms with Crippen LogP contribution < -0.4 is 25.0 Å². The van der Waals surface area contributed by atoms with Crippen molar-refractivity contribution in [3.8, 4) is 17.2 Å². The zero-order valence-corrected chi connectivity index (χ0v) is 21.1. The van der Waals surface area contributed by atoms with Gasteiger partial charge in [-0.3, -0.25) is 4.79 Å². The minimum Gasteiger partial charge on any atom is -0.454 e. The third-order valence-corrected chi connectivity index (χ3v) is 5.86. The first kappa shape index (κ1) is 23.8. The van der Waals surface area contributed by atoms with Crippen molar-refractivity contribution < 1.29 is 23.8 Å². The lowest BCUT2D eigenvalue weighted by atomic mass is 10.2. The zero-order chi connectivity index (χ0) is 24.1. The summed E-state index contributed by atoms with van der Waals surface area (Å²) >= 11 is 6.83. The molecule has 10 heteroatoms. The van der Waals surface area contributed by atoms with Crippen LogP contribution in [0.3, 0.4) is 0 Å². The number of ether oxygens (including phenoxy) is 3. The molecule has 8 nitrogen and oxygen atoms in total.